The van der Waals surface area contributed by atoms with E-state index in [0.717, 1.165) is 25.8 Å². The van der Waals surface area contributed by atoms with Crippen molar-refractivity contribution in [3.05, 3.63) is 0 Å². The minimum Gasteiger partial charge on any atom is -0.340 e. The van der Waals surface area contributed by atoms with Crippen LogP contribution in [0.5, 0.6) is 0 Å². The fraction of sp³-hybridized carbons (Fsp3) is 0.933. The lowest BCUT2D eigenvalue weighted by molar-refractivity contribution is -0.133. The van der Waals surface area contributed by atoms with Crippen LogP contribution >= 0.6 is 0 Å². The molecule has 2 nitrogen and oxygen atoms in total. The highest BCUT2D eigenvalue weighted by Crippen LogP contribution is 2.13. The number of carbonyl (C=O) groups is 1. The fourth-order valence-electron chi connectivity index (χ4n) is 2.31. The highest BCUT2D eigenvalue weighted by molar-refractivity contribution is 5.76. The number of amides is 1. The monoisotopic (exact) mass is 241 g/mol. The van der Waals surface area contributed by atoms with Gasteiger partial charge in [0.1, 0.15) is 0 Å². The van der Waals surface area contributed by atoms with Gasteiger partial charge in [-0.1, -0.05) is 47.0 Å². The molecule has 0 aliphatic carbocycles. The molecule has 0 saturated carbocycles. The van der Waals surface area contributed by atoms with Crippen molar-refractivity contribution in [1.29, 1.82) is 0 Å². The molecule has 0 heterocycles. The van der Waals surface area contributed by atoms with E-state index in [4.69, 9.17) is 0 Å². The van der Waals surface area contributed by atoms with Crippen LogP contribution in [0.3, 0.4) is 0 Å². The SMILES string of the molecule is CCCCCCN(C(=O)CCC)C(CC)CC. The van der Waals surface area contributed by atoms with Crippen LogP contribution in [-0.4, -0.2) is 23.4 Å². The standard InChI is InChI=1S/C15H31NO/c1-5-9-10-11-13-16(14(7-3)8-4)15(17)12-6-2/h14H,5-13H2,1-4H3. The summed E-state index contributed by atoms with van der Waals surface area (Å²) in [6.45, 7) is 9.64. The van der Waals surface area contributed by atoms with E-state index in [1.54, 1.807) is 0 Å². The normalized spacial score (nSPS) is 10.9. The quantitative estimate of drug-likeness (QED) is 0.520. The van der Waals surface area contributed by atoms with Gasteiger partial charge in [0, 0.05) is 19.0 Å². The average molecular weight is 241 g/mol. The van der Waals surface area contributed by atoms with Gasteiger partial charge < -0.3 is 4.90 Å². The van der Waals surface area contributed by atoms with Gasteiger partial charge in [0.05, 0.1) is 0 Å². The first-order chi connectivity index (χ1) is 8.21. The molecule has 0 atom stereocenters. The second kappa shape index (κ2) is 10.6. The number of nitrogens with zero attached hydrogens (tertiary/aromatic N) is 1. The topological polar surface area (TPSA) is 20.3 Å². The van der Waals surface area contributed by atoms with Crippen molar-refractivity contribution >= 4 is 5.91 Å². The van der Waals surface area contributed by atoms with Gasteiger partial charge in [-0.05, 0) is 25.7 Å². The van der Waals surface area contributed by atoms with E-state index in [2.05, 4.69) is 32.6 Å². The van der Waals surface area contributed by atoms with E-state index in [1.165, 1.54) is 25.7 Å². The van der Waals surface area contributed by atoms with Gasteiger partial charge in [-0.25, -0.2) is 0 Å². The molecule has 0 aliphatic rings. The predicted octanol–water partition coefficient (Wildman–Crippen LogP) is 4.38. The zero-order chi connectivity index (χ0) is 13.1. The molecule has 102 valence electrons. The molecule has 0 unspecified atom stereocenters. The Hall–Kier alpha value is -0.530. The van der Waals surface area contributed by atoms with Gasteiger partial charge in [-0.15, -0.1) is 0 Å². The van der Waals surface area contributed by atoms with Crippen LogP contribution in [-0.2, 0) is 4.79 Å². The molecule has 0 rings (SSSR count). The van der Waals surface area contributed by atoms with Crippen molar-refractivity contribution in [2.24, 2.45) is 0 Å². The maximum Gasteiger partial charge on any atom is 0.222 e. The Balaban J connectivity index is 4.23. The Morgan fingerprint density at radius 3 is 2.06 bits per heavy atom. The summed E-state index contributed by atoms with van der Waals surface area (Å²) < 4.78 is 0. The molecule has 0 aliphatic heterocycles. The third-order valence-electron chi connectivity index (χ3n) is 3.42. The molecular weight excluding hydrogens is 210 g/mol. The minimum absolute atomic E-state index is 0.359. The first kappa shape index (κ1) is 16.5. The van der Waals surface area contributed by atoms with Crippen molar-refractivity contribution in [1.82, 2.24) is 4.90 Å². The van der Waals surface area contributed by atoms with Gasteiger partial charge in [0.25, 0.3) is 0 Å². The molecule has 0 bridgehead atoms. The van der Waals surface area contributed by atoms with Gasteiger partial charge in [-0.3, -0.25) is 4.79 Å². The predicted molar refractivity (Wildman–Crippen MR) is 75.1 cm³/mol. The highest BCUT2D eigenvalue weighted by atomic mass is 16.2. The first-order valence-electron chi connectivity index (χ1n) is 7.50. The summed E-state index contributed by atoms with van der Waals surface area (Å²) in [5.41, 5.74) is 0. The highest BCUT2D eigenvalue weighted by Gasteiger charge is 2.19. The van der Waals surface area contributed by atoms with Crippen LogP contribution in [0.1, 0.15) is 79.1 Å². The van der Waals surface area contributed by atoms with E-state index in [1.807, 2.05) is 0 Å². The fourth-order valence-corrected chi connectivity index (χ4v) is 2.31. The molecular formula is C15H31NO. The smallest absolute Gasteiger partial charge is 0.222 e. The second-order valence-corrected chi connectivity index (χ2v) is 4.87. The molecule has 0 fully saturated rings. The lowest BCUT2D eigenvalue weighted by Crippen LogP contribution is -2.40. The van der Waals surface area contributed by atoms with Gasteiger partial charge in [-0.2, -0.15) is 0 Å². The summed E-state index contributed by atoms with van der Waals surface area (Å²) >= 11 is 0. The Bertz CT molecular complexity index is 187. The average Bonchev–Trinajstić information content (AvgIpc) is 2.33. The van der Waals surface area contributed by atoms with Gasteiger partial charge >= 0.3 is 0 Å². The van der Waals surface area contributed by atoms with E-state index in [9.17, 15) is 4.79 Å². The summed E-state index contributed by atoms with van der Waals surface area (Å²) in [4.78, 5) is 14.2. The molecule has 0 spiro atoms. The summed E-state index contributed by atoms with van der Waals surface area (Å²) in [5.74, 6) is 0.359. The maximum atomic E-state index is 12.1. The summed E-state index contributed by atoms with van der Waals surface area (Å²) in [7, 11) is 0. The van der Waals surface area contributed by atoms with Crippen LogP contribution in [0.4, 0.5) is 0 Å². The van der Waals surface area contributed by atoms with Crippen molar-refractivity contribution in [2.75, 3.05) is 6.54 Å². The largest absolute Gasteiger partial charge is 0.340 e. The molecule has 0 N–H and O–H groups in total. The first-order valence-corrected chi connectivity index (χ1v) is 7.50. The number of carbonyl (C=O) groups excluding carboxylic acids is 1. The Kier molecular flexibility index (Phi) is 10.3. The van der Waals surface area contributed by atoms with Crippen LogP contribution in [0.2, 0.25) is 0 Å². The second-order valence-electron chi connectivity index (χ2n) is 4.87. The molecule has 0 aromatic carbocycles. The minimum atomic E-state index is 0.359. The molecule has 0 aromatic rings. The van der Waals surface area contributed by atoms with E-state index < -0.39 is 0 Å². The maximum absolute atomic E-state index is 12.1. The summed E-state index contributed by atoms with van der Waals surface area (Å²) in [5, 5.41) is 0. The Morgan fingerprint density at radius 1 is 0.941 bits per heavy atom. The van der Waals surface area contributed by atoms with Crippen molar-refractivity contribution in [3.8, 4) is 0 Å². The molecule has 0 radical (unpaired) electrons. The number of hydrogen-bond donors (Lipinski definition) is 0. The van der Waals surface area contributed by atoms with Gasteiger partial charge in [0.15, 0.2) is 0 Å². The summed E-state index contributed by atoms with van der Waals surface area (Å²) in [6.07, 6.45) is 8.81. The van der Waals surface area contributed by atoms with Crippen LogP contribution in [0.25, 0.3) is 0 Å². The van der Waals surface area contributed by atoms with Crippen molar-refractivity contribution in [2.45, 2.75) is 85.1 Å². The molecule has 0 aromatic heterocycles. The van der Waals surface area contributed by atoms with E-state index in [-0.39, 0.29) is 0 Å². The van der Waals surface area contributed by atoms with Gasteiger partial charge in [0.2, 0.25) is 5.91 Å². The van der Waals surface area contributed by atoms with E-state index >= 15 is 0 Å². The van der Waals surface area contributed by atoms with Crippen molar-refractivity contribution in [3.63, 3.8) is 0 Å². The van der Waals surface area contributed by atoms with Crippen LogP contribution < -0.4 is 0 Å². The Morgan fingerprint density at radius 2 is 1.59 bits per heavy atom. The third-order valence-corrected chi connectivity index (χ3v) is 3.42. The number of rotatable bonds is 10. The van der Waals surface area contributed by atoms with Crippen LogP contribution in [0, 0.1) is 0 Å². The molecule has 17 heavy (non-hydrogen) atoms. The zero-order valence-electron chi connectivity index (χ0n) is 12.3. The molecule has 2 heteroatoms. The van der Waals surface area contributed by atoms with Crippen molar-refractivity contribution < 1.29 is 4.79 Å². The molecule has 1 amide bonds. The Labute approximate surface area is 108 Å². The molecule has 0 saturated heterocycles. The summed E-state index contributed by atoms with van der Waals surface area (Å²) in [6, 6.07) is 0.454. The van der Waals surface area contributed by atoms with Crippen LogP contribution in [0.15, 0.2) is 0 Å². The lowest BCUT2D eigenvalue weighted by atomic mass is 10.1. The number of hydrogen-bond acceptors (Lipinski definition) is 1. The number of unbranched alkanes of at least 4 members (excludes halogenated alkanes) is 3. The van der Waals surface area contributed by atoms with E-state index in [0.29, 0.717) is 18.4 Å². The third kappa shape index (κ3) is 6.70. The zero-order valence-corrected chi connectivity index (χ0v) is 12.3. The lowest BCUT2D eigenvalue weighted by Gasteiger charge is -2.30.